The van der Waals surface area contributed by atoms with E-state index in [0.717, 1.165) is 98.7 Å². The standard InChI is InChI=1S/C41H23N3O/c1-3-11-28-26(9-1)37(33-20-18-30-32(43-33)21-22-36-39(30)31-13-5-6-14-35(31)45-36)27-10-2-4-12-29(27)38(28)34-19-17-25-16-15-24-8-7-23-42-40(24)41(25)44-34/h1-23H. The highest BCUT2D eigenvalue weighted by atomic mass is 16.3. The van der Waals surface area contributed by atoms with Gasteiger partial charge in [0.05, 0.1) is 27.9 Å². The first-order chi connectivity index (χ1) is 22.3. The number of hydrogen-bond acceptors (Lipinski definition) is 4. The fraction of sp³-hybridized carbons (Fsp3) is 0. The lowest BCUT2D eigenvalue weighted by molar-refractivity contribution is 0.669. The number of nitrogens with zero attached hydrogens (tertiary/aromatic N) is 3. The normalized spacial score (nSPS) is 12.0. The smallest absolute Gasteiger partial charge is 0.136 e. The van der Waals surface area contributed by atoms with Crippen molar-refractivity contribution >= 4 is 76.2 Å². The van der Waals surface area contributed by atoms with Gasteiger partial charge in [-0.15, -0.1) is 0 Å². The van der Waals surface area contributed by atoms with Crippen molar-refractivity contribution in [2.24, 2.45) is 0 Å². The molecule has 4 nitrogen and oxygen atoms in total. The summed E-state index contributed by atoms with van der Waals surface area (Å²) in [5.41, 5.74) is 8.66. The van der Waals surface area contributed by atoms with E-state index in [-0.39, 0.29) is 0 Å². The van der Waals surface area contributed by atoms with E-state index in [1.807, 2.05) is 30.5 Å². The number of furan rings is 1. The van der Waals surface area contributed by atoms with Gasteiger partial charge >= 0.3 is 0 Å². The summed E-state index contributed by atoms with van der Waals surface area (Å²) in [5.74, 6) is 0. The third-order valence-electron chi connectivity index (χ3n) is 9.09. The fourth-order valence-corrected chi connectivity index (χ4v) is 7.11. The molecule has 0 amide bonds. The van der Waals surface area contributed by atoms with Crippen molar-refractivity contribution in [2.75, 3.05) is 0 Å². The van der Waals surface area contributed by atoms with Crippen LogP contribution in [0.25, 0.3) is 98.7 Å². The summed E-state index contributed by atoms with van der Waals surface area (Å²) >= 11 is 0. The van der Waals surface area contributed by atoms with Gasteiger partial charge in [-0.2, -0.15) is 0 Å². The Labute approximate surface area is 257 Å². The predicted molar refractivity (Wildman–Crippen MR) is 186 cm³/mol. The highest BCUT2D eigenvalue weighted by molar-refractivity contribution is 6.22. The molecule has 0 spiro atoms. The number of para-hydroxylation sites is 1. The van der Waals surface area contributed by atoms with Crippen molar-refractivity contribution < 1.29 is 4.42 Å². The number of hydrogen-bond donors (Lipinski definition) is 0. The van der Waals surface area contributed by atoms with Gasteiger partial charge in [-0.1, -0.05) is 91.0 Å². The van der Waals surface area contributed by atoms with E-state index in [9.17, 15) is 0 Å². The van der Waals surface area contributed by atoms with Crippen LogP contribution in [0.2, 0.25) is 0 Å². The number of pyridine rings is 3. The van der Waals surface area contributed by atoms with Crippen molar-refractivity contribution in [1.82, 2.24) is 15.0 Å². The van der Waals surface area contributed by atoms with E-state index in [0.29, 0.717) is 0 Å². The predicted octanol–water partition coefficient (Wildman–Crippen LogP) is 10.9. The van der Waals surface area contributed by atoms with Crippen LogP contribution in [-0.4, -0.2) is 15.0 Å². The Morgan fingerprint density at radius 2 is 1.00 bits per heavy atom. The van der Waals surface area contributed by atoms with Gasteiger partial charge in [0.1, 0.15) is 11.2 Å². The van der Waals surface area contributed by atoms with Gasteiger partial charge in [0.2, 0.25) is 0 Å². The number of aromatic nitrogens is 3. The van der Waals surface area contributed by atoms with Crippen molar-refractivity contribution in [1.29, 1.82) is 0 Å². The fourth-order valence-electron chi connectivity index (χ4n) is 7.11. The van der Waals surface area contributed by atoms with E-state index in [1.54, 1.807) is 0 Å². The molecule has 0 N–H and O–H groups in total. The number of fused-ring (bicyclic) bond motifs is 10. The van der Waals surface area contributed by atoms with Crippen LogP contribution in [0, 0.1) is 0 Å². The maximum atomic E-state index is 6.16. The minimum atomic E-state index is 0.879. The van der Waals surface area contributed by atoms with Crippen LogP contribution in [0.5, 0.6) is 0 Å². The molecule has 0 aliphatic rings. The number of benzene rings is 6. The van der Waals surface area contributed by atoms with Crippen LogP contribution in [-0.2, 0) is 0 Å². The van der Waals surface area contributed by atoms with Gasteiger partial charge in [0.25, 0.3) is 0 Å². The van der Waals surface area contributed by atoms with Gasteiger partial charge in [-0.3, -0.25) is 4.98 Å². The zero-order valence-electron chi connectivity index (χ0n) is 24.0. The highest BCUT2D eigenvalue weighted by Gasteiger charge is 2.19. The summed E-state index contributed by atoms with van der Waals surface area (Å²) in [5, 5.41) is 10.0. The van der Waals surface area contributed by atoms with Crippen molar-refractivity contribution in [2.45, 2.75) is 0 Å². The molecule has 0 atom stereocenters. The van der Waals surface area contributed by atoms with Gasteiger partial charge in [-0.25, -0.2) is 9.97 Å². The molecule has 0 unspecified atom stereocenters. The average molecular weight is 574 g/mol. The molecule has 0 bridgehead atoms. The van der Waals surface area contributed by atoms with Crippen LogP contribution in [0.3, 0.4) is 0 Å². The van der Waals surface area contributed by atoms with Crippen LogP contribution >= 0.6 is 0 Å². The first-order valence-corrected chi connectivity index (χ1v) is 15.1. The first-order valence-electron chi connectivity index (χ1n) is 15.1. The van der Waals surface area contributed by atoms with E-state index < -0.39 is 0 Å². The van der Waals surface area contributed by atoms with E-state index in [4.69, 9.17) is 19.4 Å². The van der Waals surface area contributed by atoms with Gasteiger partial charge in [0, 0.05) is 44.3 Å². The number of rotatable bonds is 2. The van der Waals surface area contributed by atoms with Crippen LogP contribution in [0.1, 0.15) is 0 Å². The topological polar surface area (TPSA) is 51.8 Å². The third kappa shape index (κ3) is 3.51. The van der Waals surface area contributed by atoms with Gasteiger partial charge < -0.3 is 4.42 Å². The molecule has 0 aliphatic heterocycles. The molecule has 0 aliphatic carbocycles. The summed E-state index contributed by atoms with van der Waals surface area (Å²) in [6, 6.07) is 46.5. The van der Waals surface area contributed by atoms with Crippen molar-refractivity contribution in [3.05, 3.63) is 140 Å². The lowest BCUT2D eigenvalue weighted by atomic mass is 9.88. The zero-order valence-corrected chi connectivity index (χ0v) is 24.0. The van der Waals surface area contributed by atoms with Crippen LogP contribution in [0.4, 0.5) is 0 Å². The average Bonchev–Trinajstić information content (AvgIpc) is 3.49. The molecule has 4 heteroatoms. The lowest BCUT2D eigenvalue weighted by Crippen LogP contribution is -1.95. The quantitative estimate of drug-likeness (QED) is 0.152. The maximum absolute atomic E-state index is 6.16. The summed E-state index contributed by atoms with van der Waals surface area (Å²) in [7, 11) is 0. The lowest BCUT2D eigenvalue weighted by Gasteiger charge is -2.17. The van der Waals surface area contributed by atoms with Crippen molar-refractivity contribution in [3.63, 3.8) is 0 Å². The molecule has 4 aromatic heterocycles. The molecule has 45 heavy (non-hydrogen) atoms. The van der Waals surface area contributed by atoms with Gasteiger partial charge in [0.15, 0.2) is 0 Å². The molecular weight excluding hydrogens is 550 g/mol. The SMILES string of the molecule is c1cnc2c(c1)ccc1ccc(-c3c4ccccc4c(-c4ccc5c(ccc6oc7ccccc7c65)n4)c4ccccc34)nc12. The molecule has 0 fully saturated rings. The highest BCUT2D eigenvalue weighted by Crippen LogP contribution is 2.44. The molecule has 4 heterocycles. The summed E-state index contributed by atoms with van der Waals surface area (Å²) in [6.07, 6.45) is 1.84. The van der Waals surface area contributed by atoms with Crippen molar-refractivity contribution in [3.8, 4) is 22.5 Å². The second kappa shape index (κ2) is 9.18. The molecule has 6 aromatic carbocycles. The van der Waals surface area contributed by atoms with Crippen LogP contribution in [0.15, 0.2) is 144 Å². The van der Waals surface area contributed by atoms with Crippen LogP contribution < -0.4 is 0 Å². The summed E-state index contributed by atoms with van der Waals surface area (Å²) < 4.78 is 6.16. The Morgan fingerprint density at radius 3 is 1.73 bits per heavy atom. The Morgan fingerprint density at radius 1 is 0.400 bits per heavy atom. The molecule has 10 rings (SSSR count). The minimum Gasteiger partial charge on any atom is -0.456 e. The minimum absolute atomic E-state index is 0.879. The summed E-state index contributed by atoms with van der Waals surface area (Å²) in [4.78, 5) is 15.3. The monoisotopic (exact) mass is 573 g/mol. The van der Waals surface area contributed by atoms with Gasteiger partial charge in [-0.05, 0) is 64.0 Å². The molecule has 10 aromatic rings. The Hall–Kier alpha value is -6.13. The largest absolute Gasteiger partial charge is 0.456 e. The molecular formula is C41H23N3O. The first kappa shape index (κ1) is 24.3. The Balaban J connectivity index is 1.27. The summed E-state index contributed by atoms with van der Waals surface area (Å²) in [6.45, 7) is 0. The molecule has 208 valence electrons. The molecule has 0 saturated carbocycles. The Bertz CT molecular complexity index is 2770. The second-order valence-corrected chi connectivity index (χ2v) is 11.6. The molecule has 0 saturated heterocycles. The van der Waals surface area contributed by atoms with E-state index in [1.165, 1.54) is 0 Å². The van der Waals surface area contributed by atoms with E-state index >= 15 is 0 Å². The Kier molecular flexibility index (Phi) is 4.96. The third-order valence-corrected chi connectivity index (χ3v) is 9.09. The van der Waals surface area contributed by atoms with E-state index in [2.05, 4.69) is 109 Å². The zero-order chi connectivity index (χ0) is 29.5. The second-order valence-electron chi connectivity index (χ2n) is 11.6. The molecule has 0 radical (unpaired) electrons. The maximum Gasteiger partial charge on any atom is 0.136 e.